The van der Waals surface area contributed by atoms with Crippen molar-refractivity contribution in [1.82, 2.24) is 0 Å². The van der Waals surface area contributed by atoms with Crippen LogP contribution in [0.25, 0.3) is 43.8 Å². The number of fused-ring (bicyclic) bond motifs is 9. The number of nitrogens with zero attached hydrogens (tertiary/aromatic N) is 1. The summed E-state index contributed by atoms with van der Waals surface area (Å²) >= 11 is 0. The van der Waals surface area contributed by atoms with Gasteiger partial charge in [0.2, 0.25) is 0 Å². The molecule has 9 aromatic rings. The van der Waals surface area contributed by atoms with E-state index in [0.29, 0.717) is 0 Å². The van der Waals surface area contributed by atoms with E-state index in [2.05, 4.69) is 205 Å². The van der Waals surface area contributed by atoms with Gasteiger partial charge in [-0.25, -0.2) is 0 Å². The van der Waals surface area contributed by atoms with E-state index in [1.807, 2.05) is 0 Å². The molecule has 1 aliphatic carbocycles. The van der Waals surface area contributed by atoms with Crippen molar-refractivity contribution in [2.75, 3.05) is 4.90 Å². The molecule has 2 aliphatic rings. The minimum atomic E-state index is -0.580. The summed E-state index contributed by atoms with van der Waals surface area (Å²) < 4.78 is 7.02. The molecule has 0 amide bonds. The van der Waals surface area contributed by atoms with Crippen molar-refractivity contribution in [3.8, 4) is 33.8 Å². The Morgan fingerprint density at radius 1 is 0.358 bits per heavy atom. The van der Waals surface area contributed by atoms with Gasteiger partial charge in [0.25, 0.3) is 0 Å². The van der Waals surface area contributed by atoms with Gasteiger partial charge in [0.05, 0.1) is 11.1 Å². The van der Waals surface area contributed by atoms with Gasteiger partial charge in [-0.05, 0) is 85.8 Å². The number of rotatable bonds is 4. The normalized spacial score (nSPS) is 15.0. The Labute approximate surface area is 308 Å². The zero-order chi connectivity index (χ0) is 34.9. The van der Waals surface area contributed by atoms with Gasteiger partial charge >= 0.3 is 0 Å². The Morgan fingerprint density at radius 2 is 0.962 bits per heavy atom. The number of hydrogen-bond acceptors (Lipinski definition) is 2. The topological polar surface area (TPSA) is 12.5 Å². The van der Waals surface area contributed by atoms with Crippen LogP contribution in [0.5, 0.6) is 11.5 Å². The Morgan fingerprint density at radius 3 is 1.79 bits per heavy atom. The van der Waals surface area contributed by atoms with Gasteiger partial charge < -0.3 is 9.64 Å². The fourth-order valence-electron chi connectivity index (χ4n) is 9.09. The molecule has 1 aliphatic heterocycles. The lowest BCUT2D eigenvalue weighted by Gasteiger charge is -2.45. The summed E-state index contributed by atoms with van der Waals surface area (Å²) in [5.74, 6) is 1.74. The Kier molecular flexibility index (Phi) is 6.50. The van der Waals surface area contributed by atoms with E-state index in [9.17, 15) is 0 Å². The van der Waals surface area contributed by atoms with Crippen LogP contribution < -0.4 is 9.64 Å². The molecular formula is C51H33NO. The monoisotopic (exact) mass is 675 g/mol. The van der Waals surface area contributed by atoms with Crippen molar-refractivity contribution < 1.29 is 4.74 Å². The van der Waals surface area contributed by atoms with Crippen molar-refractivity contribution in [2.45, 2.75) is 5.41 Å². The maximum atomic E-state index is 7.02. The van der Waals surface area contributed by atoms with Gasteiger partial charge in [-0.2, -0.15) is 0 Å². The molecule has 0 radical (unpaired) electrons. The lowest BCUT2D eigenvalue weighted by atomic mass is 9.58. The summed E-state index contributed by atoms with van der Waals surface area (Å²) in [6, 6.07) is 72.6. The molecule has 0 N–H and O–H groups in total. The maximum absolute atomic E-state index is 7.02. The molecule has 0 aromatic heterocycles. The number of hydrogen-bond donors (Lipinski definition) is 0. The third-order valence-corrected chi connectivity index (χ3v) is 11.3. The first-order valence-corrected chi connectivity index (χ1v) is 18.3. The molecule has 0 saturated carbocycles. The molecule has 1 atom stereocenters. The highest BCUT2D eigenvalue weighted by Gasteiger charge is 2.49. The fourth-order valence-corrected chi connectivity index (χ4v) is 9.09. The summed E-state index contributed by atoms with van der Waals surface area (Å²) in [6.45, 7) is 0. The van der Waals surface area contributed by atoms with Crippen molar-refractivity contribution in [3.63, 3.8) is 0 Å². The average molecular weight is 676 g/mol. The van der Waals surface area contributed by atoms with E-state index in [0.717, 1.165) is 45.3 Å². The Balaban J connectivity index is 1.21. The van der Waals surface area contributed by atoms with Gasteiger partial charge in [-0.1, -0.05) is 158 Å². The zero-order valence-corrected chi connectivity index (χ0v) is 28.9. The molecule has 2 nitrogen and oxygen atoms in total. The van der Waals surface area contributed by atoms with E-state index < -0.39 is 5.41 Å². The van der Waals surface area contributed by atoms with Crippen LogP contribution in [0, 0.1) is 0 Å². The third-order valence-electron chi connectivity index (χ3n) is 11.3. The zero-order valence-electron chi connectivity index (χ0n) is 28.9. The van der Waals surface area contributed by atoms with Crippen LogP contribution in [0.2, 0.25) is 0 Å². The molecule has 1 unspecified atom stereocenters. The molecule has 53 heavy (non-hydrogen) atoms. The van der Waals surface area contributed by atoms with E-state index in [4.69, 9.17) is 4.74 Å². The van der Waals surface area contributed by atoms with Crippen LogP contribution in [0.1, 0.15) is 22.3 Å². The van der Waals surface area contributed by atoms with Crippen molar-refractivity contribution in [2.24, 2.45) is 0 Å². The highest BCUT2D eigenvalue weighted by Crippen LogP contribution is 2.61. The maximum Gasteiger partial charge on any atom is 0.134 e. The van der Waals surface area contributed by atoms with E-state index in [1.165, 1.54) is 49.4 Å². The highest BCUT2D eigenvalue weighted by molar-refractivity contribution is 6.05. The lowest BCUT2D eigenvalue weighted by Crippen LogP contribution is -2.36. The van der Waals surface area contributed by atoms with Gasteiger partial charge in [0, 0.05) is 34.1 Å². The SMILES string of the molecule is c1ccc(-c2cc3ccccc3cc2N(c2ccccc2)c2ccc3c(c2)Oc2ccccc2C32c3ccccc3-c3cccc4cccc2c34)cc1. The van der Waals surface area contributed by atoms with Gasteiger partial charge in [-0.3, -0.25) is 0 Å². The second kappa shape index (κ2) is 11.6. The standard InChI is InChI=1S/C51H33NO/c1-3-15-34(16-4-1)42-31-36-17-7-8-18-37(36)32-47(42)52(38-21-5-2-6-22-38)39-29-30-45-49(33-39)53-48-28-12-11-26-44(48)51(45)43-25-10-9-23-40(43)41-24-13-19-35-20-14-27-46(51)50(35)41/h1-33H. The van der Waals surface area contributed by atoms with Gasteiger partial charge in [-0.15, -0.1) is 0 Å². The van der Waals surface area contributed by atoms with Crippen LogP contribution in [0.3, 0.4) is 0 Å². The Hall–Kier alpha value is -6.90. The van der Waals surface area contributed by atoms with Crippen LogP contribution in [-0.2, 0) is 5.41 Å². The molecule has 248 valence electrons. The van der Waals surface area contributed by atoms with Crippen LogP contribution in [0.4, 0.5) is 17.1 Å². The predicted octanol–water partition coefficient (Wildman–Crippen LogP) is 13.6. The van der Waals surface area contributed by atoms with Crippen LogP contribution >= 0.6 is 0 Å². The number of ether oxygens (including phenoxy) is 1. The van der Waals surface area contributed by atoms with Crippen LogP contribution in [0.15, 0.2) is 200 Å². The summed E-state index contributed by atoms with van der Waals surface area (Å²) in [4.78, 5) is 2.39. The quantitative estimate of drug-likeness (QED) is 0.184. The molecule has 1 spiro atoms. The molecule has 0 bridgehead atoms. The van der Waals surface area contributed by atoms with Crippen molar-refractivity contribution in [3.05, 3.63) is 222 Å². The number of benzene rings is 9. The molecule has 0 saturated heterocycles. The van der Waals surface area contributed by atoms with E-state index in [-0.39, 0.29) is 0 Å². The second-order valence-electron chi connectivity index (χ2n) is 14.0. The predicted molar refractivity (Wildman–Crippen MR) is 219 cm³/mol. The summed E-state index contributed by atoms with van der Waals surface area (Å²) in [6.07, 6.45) is 0. The Bertz CT molecular complexity index is 2870. The first kappa shape index (κ1) is 29.8. The molecule has 2 heteroatoms. The minimum absolute atomic E-state index is 0.580. The molecule has 11 rings (SSSR count). The summed E-state index contributed by atoms with van der Waals surface area (Å²) in [7, 11) is 0. The van der Waals surface area contributed by atoms with Crippen LogP contribution in [-0.4, -0.2) is 0 Å². The van der Waals surface area contributed by atoms with Crippen molar-refractivity contribution >= 4 is 38.6 Å². The van der Waals surface area contributed by atoms with Gasteiger partial charge in [0.15, 0.2) is 0 Å². The second-order valence-corrected chi connectivity index (χ2v) is 14.0. The first-order valence-electron chi connectivity index (χ1n) is 18.3. The van der Waals surface area contributed by atoms with E-state index in [1.54, 1.807) is 0 Å². The number of para-hydroxylation sites is 2. The molecule has 1 heterocycles. The van der Waals surface area contributed by atoms with E-state index >= 15 is 0 Å². The highest BCUT2D eigenvalue weighted by atomic mass is 16.5. The molecule has 9 aromatic carbocycles. The largest absolute Gasteiger partial charge is 0.457 e. The smallest absolute Gasteiger partial charge is 0.134 e. The average Bonchev–Trinajstić information content (AvgIpc) is 3.23. The van der Waals surface area contributed by atoms with Gasteiger partial charge in [0.1, 0.15) is 11.5 Å². The van der Waals surface area contributed by atoms with Crippen molar-refractivity contribution in [1.29, 1.82) is 0 Å². The number of anilines is 3. The fraction of sp³-hybridized carbons (Fsp3) is 0.0196. The first-order chi connectivity index (χ1) is 26.3. The third kappa shape index (κ3) is 4.33. The lowest BCUT2D eigenvalue weighted by molar-refractivity contribution is 0.435. The molecule has 0 fully saturated rings. The summed E-state index contributed by atoms with van der Waals surface area (Å²) in [5, 5.41) is 4.95. The minimum Gasteiger partial charge on any atom is -0.457 e. The summed E-state index contributed by atoms with van der Waals surface area (Å²) in [5.41, 5.74) is 12.4. The molecular weight excluding hydrogens is 643 g/mol.